The predicted molar refractivity (Wildman–Crippen MR) is 69.5 cm³/mol. The van der Waals surface area contributed by atoms with Gasteiger partial charge in [-0.15, -0.1) is 0 Å². The zero-order valence-electron chi connectivity index (χ0n) is 9.68. The molecule has 0 fully saturated rings. The molecule has 0 saturated heterocycles. The predicted octanol–water partition coefficient (Wildman–Crippen LogP) is 2.81. The van der Waals surface area contributed by atoms with Crippen LogP contribution in [0.3, 0.4) is 0 Å². The summed E-state index contributed by atoms with van der Waals surface area (Å²) in [4.78, 5) is 4.02. The molecule has 0 aliphatic rings. The Morgan fingerprint density at radius 2 is 2.12 bits per heavy atom. The van der Waals surface area contributed by atoms with E-state index in [2.05, 4.69) is 10.3 Å². The number of nitrogens with one attached hydrogen (secondary N) is 1. The molecule has 4 nitrogen and oxygen atoms in total. The number of anilines is 3. The van der Waals surface area contributed by atoms with E-state index in [9.17, 15) is 0 Å². The maximum Gasteiger partial charge on any atom is 0.121 e. The number of hydrogen-bond donors (Lipinski definition) is 2. The monoisotopic (exact) mass is 229 g/mol. The van der Waals surface area contributed by atoms with Gasteiger partial charge in [-0.3, -0.25) is 4.98 Å². The van der Waals surface area contributed by atoms with E-state index in [1.165, 1.54) is 0 Å². The molecule has 0 aliphatic heterocycles. The summed E-state index contributed by atoms with van der Waals surface area (Å²) in [6.07, 6.45) is 3.34. The van der Waals surface area contributed by atoms with Crippen LogP contribution in [0.1, 0.15) is 6.92 Å². The van der Waals surface area contributed by atoms with Gasteiger partial charge in [0, 0.05) is 18.0 Å². The van der Waals surface area contributed by atoms with Gasteiger partial charge in [0.25, 0.3) is 0 Å². The quantitative estimate of drug-likeness (QED) is 0.846. The van der Waals surface area contributed by atoms with Crippen LogP contribution in [0.15, 0.2) is 42.7 Å². The van der Waals surface area contributed by atoms with E-state index in [0.29, 0.717) is 12.3 Å². The second-order valence-corrected chi connectivity index (χ2v) is 3.59. The molecule has 0 amide bonds. The Labute approximate surface area is 100 Å². The van der Waals surface area contributed by atoms with Crippen LogP contribution >= 0.6 is 0 Å². The summed E-state index contributed by atoms with van der Waals surface area (Å²) >= 11 is 0. The smallest absolute Gasteiger partial charge is 0.121 e. The van der Waals surface area contributed by atoms with Gasteiger partial charge in [-0.1, -0.05) is 6.07 Å². The highest BCUT2D eigenvalue weighted by atomic mass is 16.5. The third-order valence-electron chi connectivity index (χ3n) is 2.19. The molecule has 3 N–H and O–H groups in total. The van der Waals surface area contributed by atoms with E-state index in [4.69, 9.17) is 10.5 Å². The normalized spacial score (nSPS) is 9.94. The number of pyridine rings is 1. The fraction of sp³-hybridized carbons (Fsp3) is 0.154. The molecule has 1 aromatic heterocycles. The highest BCUT2D eigenvalue weighted by Crippen LogP contribution is 2.21. The van der Waals surface area contributed by atoms with Crippen molar-refractivity contribution in [1.29, 1.82) is 0 Å². The molecule has 2 aromatic rings. The summed E-state index contributed by atoms with van der Waals surface area (Å²) in [5, 5.41) is 3.22. The van der Waals surface area contributed by atoms with E-state index in [-0.39, 0.29) is 0 Å². The topological polar surface area (TPSA) is 60.2 Å². The molecule has 0 bridgehead atoms. The van der Waals surface area contributed by atoms with Crippen LogP contribution < -0.4 is 15.8 Å². The Hall–Kier alpha value is -2.23. The van der Waals surface area contributed by atoms with Gasteiger partial charge in [-0.2, -0.15) is 0 Å². The average molecular weight is 229 g/mol. The van der Waals surface area contributed by atoms with E-state index in [1.54, 1.807) is 12.4 Å². The van der Waals surface area contributed by atoms with Gasteiger partial charge in [0.05, 0.1) is 24.2 Å². The second-order valence-electron chi connectivity index (χ2n) is 3.59. The van der Waals surface area contributed by atoms with Crippen LogP contribution in [0.25, 0.3) is 0 Å². The number of nitrogen functional groups attached to an aromatic ring is 1. The van der Waals surface area contributed by atoms with Crippen LogP contribution in [-0.2, 0) is 0 Å². The number of aromatic nitrogens is 1. The van der Waals surface area contributed by atoms with Crippen molar-refractivity contribution in [3.63, 3.8) is 0 Å². The first kappa shape index (κ1) is 11.3. The van der Waals surface area contributed by atoms with Crippen molar-refractivity contribution < 1.29 is 4.74 Å². The minimum Gasteiger partial charge on any atom is -0.494 e. The van der Waals surface area contributed by atoms with Crippen LogP contribution in [0, 0.1) is 0 Å². The van der Waals surface area contributed by atoms with Gasteiger partial charge in [-0.05, 0) is 25.1 Å². The molecular formula is C13H15N3O. The minimum absolute atomic E-state index is 0.635. The molecule has 0 saturated carbocycles. The molecule has 0 aliphatic carbocycles. The van der Waals surface area contributed by atoms with Crippen molar-refractivity contribution in [2.75, 3.05) is 17.7 Å². The van der Waals surface area contributed by atoms with Gasteiger partial charge in [-0.25, -0.2) is 0 Å². The van der Waals surface area contributed by atoms with Gasteiger partial charge in [0.2, 0.25) is 0 Å². The van der Waals surface area contributed by atoms with E-state index in [0.717, 1.165) is 17.1 Å². The first-order chi connectivity index (χ1) is 8.28. The minimum atomic E-state index is 0.635. The highest BCUT2D eigenvalue weighted by Gasteiger charge is 1.98. The lowest BCUT2D eigenvalue weighted by Gasteiger charge is -2.08. The Kier molecular flexibility index (Phi) is 3.45. The van der Waals surface area contributed by atoms with E-state index < -0.39 is 0 Å². The Morgan fingerprint density at radius 3 is 2.88 bits per heavy atom. The molecule has 1 heterocycles. The van der Waals surface area contributed by atoms with Gasteiger partial charge >= 0.3 is 0 Å². The number of nitrogens with two attached hydrogens (primary N) is 1. The molecule has 88 valence electrons. The zero-order chi connectivity index (χ0) is 12.1. The fourth-order valence-corrected chi connectivity index (χ4v) is 1.52. The summed E-state index contributed by atoms with van der Waals surface area (Å²) in [7, 11) is 0. The van der Waals surface area contributed by atoms with Crippen molar-refractivity contribution in [2.24, 2.45) is 0 Å². The summed E-state index contributed by atoms with van der Waals surface area (Å²) in [6.45, 7) is 2.62. The zero-order valence-corrected chi connectivity index (χ0v) is 9.68. The number of ether oxygens (including phenoxy) is 1. The SMILES string of the molecule is CCOc1cccc(Nc2cncc(N)c2)c1. The lowest BCUT2D eigenvalue weighted by atomic mass is 10.3. The first-order valence-corrected chi connectivity index (χ1v) is 5.48. The Morgan fingerprint density at radius 1 is 1.24 bits per heavy atom. The molecule has 17 heavy (non-hydrogen) atoms. The van der Waals surface area contributed by atoms with Crippen LogP contribution in [0.2, 0.25) is 0 Å². The molecule has 1 aromatic carbocycles. The first-order valence-electron chi connectivity index (χ1n) is 5.48. The van der Waals surface area contributed by atoms with Crippen molar-refractivity contribution in [3.8, 4) is 5.75 Å². The number of nitrogens with zero attached hydrogens (tertiary/aromatic N) is 1. The van der Waals surface area contributed by atoms with Crippen LogP contribution in [0.4, 0.5) is 17.1 Å². The van der Waals surface area contributed by atoms with Gasteiger partial charge in [0.15, 0.2) is 0 Å². The van der Waals surface area contributed by atoms with Crippen molar-refractivity contribution in [3.05, 3.63) is 42.7 Å². The third kappa shape index (κ3) is 3.11. The highest BCUT2D eigenvalue weighted by molar-refractivity contribution is 5.63. The largest absolute Gasteiger partial charge is 0.494 e. The second kappa shape index (κ2) is 5.21. The number of rotatable bonds is 4. The summed E-state index contributed by atoms with van der Waals surface area (Å²) in [6, 6.07) is 9.60. The standard InChI is InChI=1S/C13H15N3O/c1-2-17-13-5-3-4-11(7-13)16-12-6-10(14)8-15-9-12/h3-9,16H,2,14H2,1H3. The molecular weight excluding hydrogens is 214 g/mol. The number of hydrogen-bond acceptors (Lipinski definition) is 4. The van der Waals surface area contributed by atoms with Gasteiger partial charge in [0.1, 0.15) is 5.75 Å². The average Bonchev–Trinajstić information content (AvgIpc) is 2.30. The van der Waals surface area contributed by atoms with Crippen molar-refractivity contribution in [1.82, 2.24) is 4.98 Å². The molecule has 0 radical (unpaired) electrons. The number of benzene rings is 1. The molecule has 4 heteroatoms. The maximum absolute atomic E-state index is 5.66. The molecule has 2 rings (SSSR count). The van der Waals surface area contributed by atoms with Crippen LogP contribution in [0.5, 0.6) is 5.75 Å². The van der Waals surface area contributed by atoms with E-state index >= 15 is 0 Å². The molecule has 0 unspecified atom stereocenters. The maximum atomic E-state index is 5.66. The van der Waals surface area contributed by atoms with Gasteiger partial charge < -0.3 is 15.8 Å². The summed E-state index contributed by atoms with van der Waals surface area (Å²) < 4.78 is 5.43. The lowest BCUT2D eigenvalue weighted by Crippen LogP contribution is -1.95. The summed E-state index contributed by atoms with van der Waals surface area (Å²) in [5.74, 6) is 0.842. The van der Waals surface area contributed by atoms with Crippen LogP contribution in [-0.4, -0.2) is 11.6 Å². The van der Waals surface area contributed by atoms with E-state index in [1.807, 2.05) is 37.3 Å². The Balaban J connectivity index is 2.15. The Bertz CT molecular complexity index is 500. The van der Waals surface area contributed by atoms with Crippen molar-refractivity contribution in [2.45, 2.75) is 6.92 Å². The lowest BCUT2D eigenvalue weighted by molar-refractivity contribution is 0.340. The van der Waals surface area contributed by atoms with Crippen molar-refractivity contribution >= 4 is 17.1 Å². The summed E-state index contributed by atoms with van der Waals surface area (Å²) in [5.41, 5.74) is 8.11. The molecule has 0 atom stereocenters. The third-order valence-corrected chi connectivity index (χ3v) is 2.19. The fourth-order valence-electron chi connectivity index (χ4n) is 1.52. The molecule has 0 spiro atoms.